The summed E-state index contributed by atoms with van der Waals surface area (Å²) in [6.45, 7) is 3.41. The summed E-state index contributed by atoms with van der Waals surface area (Å²) in [5.41, 5.74) is 10.8. The number of aliphatic hydroxyl groups is 1. The molecule has 1 aliphatic rings. The minimum absolute atomic E-state index is 0.148. The van der Waals surface area contributed by atoms with E-state index in [1.54, 1.807) is 0 Å². The highest BCUT2D eigenvalue weighted by atomic mass is 16.4. The number of guanidine groups is 1. The fourth-order valence-electron chi connectivity index (χ4n) is 3.18. The lowest BCUT2D eigenvalue weighted by atomic mass is 9.88. The number of carbonyl (C=O) groups excluding carboxylic acids is 1. The van der Waals surface area contributed by atoms with Gasteiger partial charge in [0, 0.05) is 18.9 Å². The molecule has 0 aromatic rings. The summed E-state index contributed by atoms with van der Waals surface area (Å²) in [4.78, 5) is 26.8. The quantitative estimate of drug-likeness (QED) is 0.313. The number of aliphatic carboxylic acids is 1. The second-order valence-corrected chi connectivity index (χ2v) is 5.82. The van der Waals surface area contributed by atoms with Crippen LogP contribution >= 0.6 is 0 Å². The topological polar surface area (TPSA) is 151 Å². The second-order valence-electron chi connectivity index (χ2n) is 5.82. The maximum Gasteiger partial charge on any atom is 0.309 e. The Balaban J connectivity index is 3.06. The molecule has 0 saturated heterocycles. The van der Waals surface area contributed by atoms with Gasteiger partial charge in [-0.1, -0.05) is 19.8 Å². The molecule has 8 nitrogen and oxygen atoms in total. The fourth-order valence-corrected chi connectivity index (χ4v) is 3.18. The average molecular weight is 314 g/mol. The van der Waals surface area contributed by atoms with Gasteiger partial charge in [-0.15, -0.1) is 0 Å². The Kier molecular flexibility index (Phi) is 6.61. The van der Waals surface area contributed by atoms with E-state index < -0.39 is 30.0 Å². The molecule has 1 fully saturated rings. The van der Waals surface area contributed by atoms with Crippen LogP contribution in [0.4, 0.5) is 0 Å². The van der Waals surface area contributed by atoms with Crippen LogP contribution in [0.15, 0.2) is 4.99 Å². The zero-order chi connectivity index (χ0) is 16.9. The number of carboxylic acids is 1. The first-order valence-corrected chi connectivity index (χ1v) is 7.54. The largest absolute Gasteiger partial charge is 0.481 e. The summed E-state index contributed by atoms with van der Waals surface area (Å²) in [5.74, 6) is -2.90. The lowest BCUT2D eigenvalue weighted by Crippen LogP contribution is -2.47. The number of carboxylic acid groups (broad SMARTS) is 1. The third kappa shape index (κ3) is 4.59. The number of carbonyl (C=O) groups is 2. The Morgan fingerprint density at radius 3 is 2.50 bits per heavy atom. The van der Waals surface area contributed by atoms with Crippen molar-refractivity contribution in [1.29, 1.82) is 0 Å². The van der Waals surface area contributed by atoms with Crippen LogP contribution in [0.3, 0.4) is 0 Å². The molecule has 0 unspecified atom stereocenters. The van der Waals surface area contributed by atoms with Gasteiger partial charge in [-0.05, 0) is 12.8 Å². The van der Waals surface area contributed by atoms with Crippen LogP contribution in [0.5, 0.6) is 0 Å². The van der Waals surface area contributed by atoms with Crippen LogP contribution in [0, 0.1) is 11.8 Å². The molecule has 8 heteroatoms. The van der Waals surface area contributed by atoms with E-state index in [1.165, 1.54) is 6.92 Å². The monoisotopic (exact) mass is 314 g/mol. The Morgan fingerprint density at radius 1 is 1.41 bits per heavy atom. The maximum absolute atomic E-state index is 11.4. The number of rotatable bonds is 7. The van der Waals surface area contributed by atoms with Crippen molar-refractivity contribution in [3.8, 4) is 0 Å². The van der Waals surface area contributed by atoms with Gasteiger partial charge in [0.15, 0.2) is 5.96 Å². The van der Waals surface area contributed by atoms with Crippen LogP contribution in [-0.2, 0) is 9.59 Å². The number of hydrogen-bond acceptors (Lipinski definition) is 4. The molecule has 0 aliphatic heterocycles. The van der Waals surface area contributed by atoms with Crippen LogP contribution in [0.2, 0.25) is 0 Å². The Hall–Kier alpha value is -1.83. The SMILES string of the molecule is CCCC[C@H](NC(C)=O)[C@@H]1[C@H](O)[C@@H](C(=O)O)C[C@H]1N=C(N)N. The Bertz CT molecular complexity index is 437. The van der Waals surface area contributed by atoms with Crippen molar-refractivity contribution in [2.24, 2.45) is 28.3 Å². The summed E-state index contributed by atoms with van der Waals surface area (Å²) in [6, 6.07) is -0.875. The number of aliphatic imine (C=N–C) groups is 1. The van der Waals surface area contributed by atoms with Crippen LogP contribution in [0.25, 0.3) is 0 Å². The number of nitrogens with zero attached hydrogens (tertiary/aromatic N) is 1. The highest BCUT2D eigenvalue weighted by molar-refractivity contribution is 5.76. The molecule has 1 aliphatic carbocycles. The van der Waals surface area contributed by atoms with E-state index in [4.69, 9.17) is 11.5 Å². The standard InChI is InChI=1S/C14H26N4O4/c1-3-4-5-9(17-7(2)19)11-10(18-14(15)16)6-8(12(11)20)13(21)22/h8-12,20H,3-6H2,1-2H3,(H,17,19)(H,21,22)(H4,15,16,18)/t8-,9-,10+,11-,12+/m0/s1. The molecule has 5 atom stereocenters. The van der Waals surface area contributed by atoms with E-state index in [2.05, 4.69) is 10.3 Å². The van der Waals surface area contributed by atoms with Crippen molar-refractivity contribution in [2.45, 2.75) is 57.7 Å². The summed E-state index contributed by atoms with van der Waals surface area (Å²) >= 11 is 0. The van der Waals surface area contributed by atoms with E-state index in [-0.39, 0.29) is 24.3 Å². The summed E-state index contributed by atoms with van der Waals surface area (Å²) in [6.07, 6.45) is 1.47. The van der Waals surface area contributed by atoms with Crippen LogP contribution in [-0.4, -0.2) is 46.2 Å². The first kappa shape index (κ1) is 18.2. The third-order valence-corrected chi connectivity index (χ3v) is 4.10. The van der Waals surface area contributed by atoms with Gasteiger partial charge >= 0.3 is 5.97 Å². The van der Waals surface area contributed by atoms with Gasteiger partial charge in [-0.25, -0.2) is 4.99 Å². The normalized spacial score (nSPS) is 28.9. The summed E-state index contributed by atoms with van der Waals surface area (Å²) in [5, 5.41) is 22.4. The van der Waals surface area contributed by atoms with E-state index in [9.17, 15) is 19.8 Å². The molecule has 1 rings (SSSR count). The van der Waals surface area contributed by atoms with Gasteiger partial charge in [0.1, 0.15) is 0 Å². The second kappa shape index (κ2) is 7.98. The van der Waals surface area contributed by atoms with Gasteiger partial charge < -0.3 is 27.0 Å². The molecule has 7 N–H and O–H groups in total. The number of hydrogen-bond donors (Lipinski definition) is 5. The smallest absolute Gasteiger partial charge is 0.309 e. The van der Waals surface area contributed by atoms with E-state index in [0.29, 0.717) is 6.42 Å². The summed E-state index contributed by atoms with van der Waals surface area (Å²) in [7, 11) is 0. The molecule has 22 heavy (non-hydrogen) atoms. The van der Waals surface area contributed by atoms with E-state index in [1.807, 2.05) is 6.92 Å². The third-order valence-electron chi connectivity index (χ3n) is 4.10. The molecule has 0 bridgehead atoms. The van der Waals surface area contributed by atoms with Crippen molar-refractivity contribution in [1.82, 2.24) is 5.32 Å². The van der Waals surface area contributed by atoms with Gasteiger partial charge in [-0.3, -0.25) is 9.59 Å². The molecule has 126 valence electrons. The van der Waals surface area contributed by atoms with Gasteiger partial charge in [0.05, 0.1) is 18.1 Å². The van der Waals surface area contributed by atoms with E-state index >= 15 is 0 Å². The predicted molar refractivity (Wildman–Crippen MR) is 82.0 cm³/mol. The zero-order valence-corrected chi connectivity index (χ0v) is 13.0. The fraction of sp³-hybridized carbons (Fsp3) is 0.786. The zero-order valence-electron chi connectivity index (χ0n) is 13.0. The molecule has 0 aromatic heterocycles. The number of nitrogens with two attached hydrogens (primary N) is 2. The number of aliphatic hydroxyl groups excluding tert-OH is 1. The first-order chi connectivity index (χ1) is 10.3. The molecule has 0 spiro atoms. The highest BCUT2D eigenvalue weighted by Crippen LogP contribution is 2.37. The van der Waals surface area contributed by atoms with Crippen molar-refractivity contribution in [3.63, 3.8) is 0 Å². The average Bonchev–Trinajstić information content (AvgIpc) is 2.70. The number of amides is 1. The van der Waals surface area contributed by atoms with Crippen molar-refractivity contribution >= 4 is 17.8 Å². The van der Waals surface area contributed by atoms with Gasteiger partial charge in [0.2, 0.25) is 5.91 Å². The Morgan fingerprint density at radius 2 is 2.05 bits per heavy atom. The lowest BCUT2D eigenvalue weighted by molar-refractivity contribution is -0.145. The molecule has 0 radical (unpaired) electrons. The van der Waals surface area contributed by atoms with Crippen molar-refractivity contribution in [3.05, 3.63) is 0 Å². The molecular formula is C14H26N4O4. The van der Waals surface area contributed by atoms with Gasteiger partial charge in [0.25, 0.3) is 0 Å². The molecule has 1 saturated carbocycles. The molecule has 0 aromatic carbocycles. The number of unbranched alkanes of at least 4 members (excludes halogenated alkanes) is 1. The minimum atomic E-state index is -1.10. The highest BCUT2D eigenvalue weighted by Gasteiger charge is 2.49. The minimum Gasteiger partial charge on any atom is -0.481 e. The summed E-state index contributed by atoms with van der Waals surface area (Å²) < 4.78 is 0. The predicted octanol–water partition coefficient (Wildman–Crippen LogP) is -0.595. The lowest BCUT2D eigenvalue weighted by Gasteiger charge is -2.30. The Labute approximate surface area is 130 Å². The van der Waals surface area contributed by atoms with Crippen molar-refractivity contribution in [2.75, 3.05) is 0 Å². The molecule has 0 heterocycles. The number of nitrogens with one attached hydrogen (secondary N) is 1. The van der Waals surface area contributed by atoms with Crippen LogP contribution < -0.4 is 16.8 Å². The van der Waals surface area contributed by atoms with Crippen LogP contribution in [0.1, 0.15) is 39.5 Å². The first-order valence-electron chi connectivity index (χ1n) is 7.54. The van der Waals surface area contributed by atoms with Crippen molar-refractivity contribution < 1.29 is 19.8 Å². The molecular weight excluding hydrogens is 288 g/mol. The maximum atomic E-state index is 11.4. The molecule has 1 amide bonds. The van der Waals surface area contributed by atoms with Gasteiger partial charge in [-0.2, -0.15) is 0 Å². The van der Waals surface area contributed by atoms with E-state index in [0.717, 1.165) is 12.8 Å².